The third kappa shape index (κ3) is 2.70. The lowest BCUT2D eigenvalue weighted by Gasteiger charge is -2.20. The van der Waals surface area contributed by atoms with Crippen LogP contribution in [0.2, 0.25) is 0 Å². The Morgan fingerprint density at radius 1 is 1.15 bits per heavy atom. The van der Waals surface area contributed by atoms with Crippen LogP contribution in [0.5, 0.6) is 0 Å². The van der Waals surface area contributed by atoms with E-state index in [0.717, 1.165) is 0 Å². The highest BCUT2D eigenvalue weighted by atomic mass is 16.1. The van der Waals surface area contributed by atoms with E-state index in [1.165, 1.54) is 12.2 Å². The Hall–Kier alpha value is -3.01. The molecule has 0 fully saturated rings. The number of allylic oxidation sites excluding steroid dienone is 2. The van der Waals surface area contributed by atoms with Crippen LogP contribution in [0.3, 0.4) is 0 Å². The molecular formula is C13H10N6O. The topological polar surface area (TPSA) is 115 Å². The smallest absolute Gasteiger partial charge is 0.192 e. The van der Waals surface area contributed by atoms with Crippen molar-refractivity contribution in [2.75, 3.05) is 0 Å². The maximum Gasteiger partial charge on any atom is 0.192 e. The van der Waals surface area contributed by atoms with Gasteiger partial charge in [-0.15, -0.1) is 0 Å². The van der Waals surface area contributed by atoms with Crippen LogP contribution in [0.1, 0.15) is 16.8 Å². The molecule has 0 aliphatic heterocycles. The van der Waals surface area contributed by atoms with E-state index in [4.69, 9.17) is 11.1 Å². The predicted octanol–water partition coefficient (Wildman–Crippen LogP) is 4.07. The van der Waals surface area contributed by atoms with Gasteiger partial charge in [0.05, 0.1) is 0 Å². The normalized spacial score (nSPS) is 20.3. The van der Waals surface area contributed by atoms with Crippen LogP contribution < -0.4 is 0 Å². The Morgan fingerprint density at radius 3 is 2.30 bits per heavy atom. The van der Waals surface area contributed by atoms with Crippen molar-refractivity contribution >= 4 is 5.78 Å². The monoisotopic (exact) mass is 266 g/mol. The van der Waals surface area contributed by atoms with Crippen LogP contribution >= 0.6 is 0 Å². The molecule has 7 heteroatoms. The molecule has 0 saturated carbocycles. The van der Waals surface area contributed by atoms with E-state index in [1.807, 2.05) is 6.07 Å². The van der Waals surface area contributed by atoms with E-state index >= 15 is 0 Å². The second-order valence-electron chi connectivity index (χ2n) is 4.15. The zero-order chi connectivity index (χ0) is 14.4. The second kappa shape index (κ2) is 5.75. The van der Waals surface area contributed by atoms with Crippen LogP contribution in [-0.2, 0) is 0 Å². The molecule has 1 aliphatic carbocycles. The summed E-state index contributed by atoms with van der Waals surface area (Å²) in [5.41, 5.74) is 16.8. The number of hydrogen-bond donors (Lipinski definition) is 0. The average molecular weight is 266 g/mol. The molecule has 1 aromatic rings. The molecule has 0 atom stereocenters. The summed E-state index contributed by atoms with van der Waals surface area (Å²) in [6, 6.07) is 8.84. The van der Waals surface area contributed by atoms with Gasteiger partial charge in [0, 0.05) is 21.0 Å². The van der Waals surface area contributed by atoms with E-state index in [9.17, 15) is 4.79 Å². The summed E-state index contributed by atoms with van der Waals surface area (Å²) in [5, 5.41) is 6.98. The second-order valence-corrected chi connectivity index (χ2v) is 4.15. The molecule has 1 aliphatic rings. The van der Waals surface area contributed by atoms with Crippen molar-refractivity contribution in [1.82, 2.24) is 0 Å². The van der Waals surface area contributed by atoms with E-state index in [1.54, 1.807) is 30.3 Å². The Morgan fingerprint density at radius 2 is 1.80 bits per heavy atom. The molecule has 2 rings (SSSR count). The number of benzene rings is 1. The highest BCUT2D eigenvalue weighted by Gasteiger charge is 2.27. The van der Waals surface area contributed by atoms with Gasteiger partial charge in [-0.2, -0.15) is 0 Å². The van der Waals surface area contributed by atoms with Crippen molar-refractivity contribution in [2.24, 2.45) is 10.2 Å². The maximum absolute atomic E-state index is 12.2. The van der Waals surface area contributed by atoms with Crippen LogP contribution in [0.15, 0.2) is 64.4 Å². The first kappa shape index (κ1) is 13.4. The Balaban J connectivity index is 2.26. The number of carbonyl (C=O) groups excluding carboxylic acids is 1. The highest BCUT2D eigenvalue weighted by Crippen LogP contribution is 2.28. The van der Waals surface area contributed by atoms with E-state index in [-0.39, 0.29) is 12.2 Å². The van der Waals surface area contributed by atoms with Gasteiger partial charge >= 0.3 is 0 Å². The van der Waals surface area contributed by atoms with E-state index < -0.39 is 5.66 Å². The van der Waals surface area contributed by atoms with Gasteiger partial charge in [-0.05, 0) is 17.5 Å². The van der Waals surface area contributed by atoms with Gasteiger partial charge in [0.1, 0.15) is 5.66 Å². The lowest BCUT2D eigenvalue weighted by Crippen LogP contribution is -2.21. The minimum atomic E-state index is -1.30. The van der Waals surface area contributed by atoms with Gasteiger partial charge in [-0.25, -0.2) is 0 Å². The summed E-state index contributed by atoms with van der Waals surface area (Å²) in [7, 11) is 0. The van der Waals surface area contributed by atoms with Crippen LogP contribution in [0.4, 0.5) is 0 Å². The Labute approximate surface area is 114 Å². The number of rotatable bonds is 4. The molecule has 0 amide bonds. The van der Waals surface area contributed by atoms with Gasteiger partial charge in [0.15, 0.2) is 5.78 Å². The highest BCUT2D eigenvalue weighted by molar-refractivity contribution is 6.10. The molecule has 0 radical (unpaired) electrons. The number of ketones is 1. The minimum absolute atomic E-state index is 0.127. The quantitative estimate of drug-likeness (QED) is 0.347. The summed E-state index contributed by atoms with van der Waals surface area (Å²) in [6.45, 7) is 0. The van der Waals surface area contributed by atoms with Crippen molar-refractivity contribution in [3.8, 4) is 0 Å². The van der Waals surface area contributed by atoms with Crippen LogP contribution in [0.25, 0.3) is 20.9 Å². The minimum Gasteiger partial charge on any atom is -0.289 e. The standard InChI is InChI=1S/C13H10N6O/c14-18-16-13(17-19-15)8-6-11(7-9-13)12(20)10-4-2-1-3-5-10/h1-8H,9H2. The molecule has 1 aromatic carbocycles. The third-order valence-corrected chi connectivity index (χ3v) is 2.89. The largest absolute Gasteiger partial charge is 0.289 e. The first-order chi connectivity index (χ1) is 9.71. The Bertz CT molecular complexity index is 660. The number of azide groups is 1. The van der Waals surface area contributed by atoms with Crippen molar-refractivity contribution in [3.05, 3.63) is 80.6 Å². The third-order valence-electron chi connectivity index (χ3n) is 2.89. The lowest BCUT2D eigenvalue weighted by atomic mass is 9.93. The van der Waals surface area contributed by atoms with Crippen LogP contribution in [-0.4, -0.2) is 11.4 Å². The van der Waals surface area contributed by atoms with Crippen molar-refractivity contribution in [3.63, 3.8) is 0 Å². The fourth-order valence-corrected chi connectivity index (χ4v) is 1.87. The molecule has 0 heterocycles. The first-order valence-corrected chi connectivity index (χ1v) is 5.82. The van der Waals surface area contributed by atoms with Gasteiger partial charge < -0.3 is 0 Å². The lowest BCUT2D eigenvalue weighted by molar-refractivity contribution is 0.103. The van der Waals surface area contributed by atoms with E-state index in [0.29, 0.717) is 11.1 Å². The maximum atomic E-state index is 12.2. The number of nitrogens with zero attached hydrogens (tertiary/aromatic N) is 6. The molecule has 20 heavy (non-hydrogen) atoms. The Kier molecular flexibility index (Phi) is 3.86. The molecule has 0 bridgehead atoms. The first-order valence-electron chi connectivity index (χ1n) is 5.82. The van der Waals surface area contributed by atoms with Gasteiger partial charge in [0.2, 0.25) is 0 Å². The van der Waals surface area contributed by atoms with E-state index in [2.05, 4.69) is 20.1 Å². The van der Waals surface area contributed by atoms with Crippen molar-refractivity contribution in [1.29, 1.82) is 0 Å². The number of carbonyl (C=O) groups is 1. The molecule has 0 saturated heterocycles. The summed E-state index contributed by atoms with van der Waals surface area (Å²) in [6.07, 6.45) is 4.73. The summed E-state index contributed by atoms with van der Waals surface area (Å²) >= 11 is 0. The molecule has 0 unspecified atom stereocenters. The predicted molar refractivity (Wildman–Crippen MR) is 73.6 cm³/mol. The van der Waals surface area contributed by atoms with Crippen LogP contribution in [0, 0.1) is 0 Å². The SMILES string of the molecule is [N-]=[N+]=NC1(N=[N+]=[N-])C=CC(C(=O)c2ccccc2)=CC1. The summed E-state index contributed by atoms with van der Waals surface area (Å²) < 4.78 is 0. The molecular weight excluding hydrogens is 256 g/mol. The van der Waals surface area contributed by atoms with Crippen molar-refractivity contribution in [2.45, 2.75) is 12.1 Å². The molecule has 0 spiro atoms. The summed E-state index contributed by atoms with van der Waals surface area (Å²) in [5.74, 6) is -0.127. The molecule has 98 valence electrons. The zero-order valence-corrected chi connectivity index (χ0v) is 10.4. The number of hydrogen-bond acceptors (Lipinski definition) is 3. The average Bonchev–Trinajstić information content (AvgIpc) is 2.49. The number of Topliss-reactive ketones (excluding diaryl/α,β-unsaturated/α-hetero) is 1. The molecule has 0 N–H and O–H groups in total. The molecule has 7 nitrogen and oxygen atoms in total. The van der Waals surface area contributed by atoms with Gasteiger partial charge in [0.25, 0.3) is 0 Å². The molecule has 0 aromatic heterocycles. The summed E-state index contributed by atoms with van der Waals surface area (Å²) in [4.78, 5) is 17.5. The fraction of sp³-hybridized carbons (Fsp3) is 0.154. The van der Waals surface area contributed by atoms with Gasteiger partial charge in [-0.1, -0.05) is 58.8 Å². The van der Waals surface area contributed by atoms with Crippen molar-refractivity contribution < 1.29 is 4.79 Å². The zero-order valence-electron chi connectivity index (χ0n) is 10.4. The fourth-order valence-electron chi connectivity index (χ4n) is 1.87. The van der Waals surface area contributed by atoms with Gasteiger partial charge in [-0.3, -0.25) is 4.79 Å².